The number of aldehydes is 1. The van der Waals surface area contributed by atoms with Crippen molar-refractivity contribution < 1.29 is 9.53 Å². The number of hydrogen-bond acceptors (Lipinski definition) is 4. The maximum Gasteiger partial charge on any atom is 0.240 e. The van der Waals surface area contributed by atoms with E-state index in [1.807, 2.05) is 47.1 Å². The Morgan fingerprint density at radius 1 is 1.14 bits per heavy atom. The van der Waals surface area contributed by atoms with Gasteiger partial charge in [-0.05, 0) is 55.3 Å². The molecule has 0 radical (unpaired) electrons. The maximum atomic E-state index is 10.9. The molecule has 7 heteroatoms. The predicted octanol–water partition coefficient (Wildman–Crippen LogP) is 4.68. The van der Waals surface area contributed by atoms with Crippen LogP contribution in [-0.4, -0.2) is 47.2 Å². The number of fused-ring (bicyclic) bond motifs is 1. The highest BCUT2D eigenvalue weighted by molar-refractivity contribution is 6.31. The molecule has 1 aliphatic heterocycles. The van der Waals surface area contributed by atoms with Crippen LogP contribution in [0.25, 0.3) is 10.9 Å². The lowest BCUT2D eigenvalue weighted by atomic mass is 10.1. The second kappa shape index (κ2) is 9.16. The second-order valence-electron chi connectivity index (χ2n) is 7.44. The Balaban J connectivity index is 1.43. The van der Waals surface area contributed by atoms with Crippen LogP contribution in [0.5, 0.6) is 5.88 Å². The minimum Gasteiger partial charge on any atom is -0.476 e. The first kappa shape index (κ1) is 20.2. The van der Waals surface area contributed by atoms with E-state index in [-0.39, 0.29) is 5.92 Å². The third kappa shape index (κ3) is 4.92. The molecule has 2 heterocycles. The Bertz CT molecular complexity index is 988. The average molecular weight is 432 g/mol. The van der Waals surface area contributed by atoms with Gasteiger partial charge in [0.25, 0.3) is 0 Å². The summed E-state index contributed by atoms with van der Waals surface area (Å²) in [5, 5.41) is 6.97. The van der Waals surface area contributed by atoms with E-state index in [4.69, 9.17) is 27.9 Å². The Morgan fingerprint density at radius 2 is 1.93 bits per heavy atom. The molecule has 152 valence electrons. The van der Waals surface area contributed by atoms with Gasteiger partial charge >= 0.3 is 0 Å². The van der Waals surface area contributed by atoms with Crippen LogP contribution in [0.2, 0.25) is 10.0 Å². The minimum atomic E-state index is 0.186. The first-order valence-corrected chi connectivity index (χ1v) is 10.6. The lowest BCUT2D eigenvalue weighted by Gasteiger charge is -2.14. The summed E-state index contributed by atoms with van der Waals surface area (Å²) in [7, 11) is 0. The van der Waals surface area contributed by atoms with Crippen LogP contribution < -0.4 is 4.74 Å². The number of aromatic nitrogens is 2. The van der Waals surface area contributed by atoms with Gasteiger partial charge in [-0.1, -0.05) is 35.3 Å². The molecule has 0 spiro atoms. The fourth-order valence-electron chi connectivity index (χ4n) is 3.75. The zero-order chi connectivity index (χ0) is 20.2. The van der Waals surface area contributed by atoms with Crippen molar-refractivity contribution in [3.63, 3.8) is 0 Å². The molecule has 0 aliphatic carbocycles. The number of likely N-dealkylation sites (tertiary alicyclic amines) is 1. The van der Waals surface area contributed by atoms with Gasteiger partial charge in [-0.15, -0.1) is 5.10 Å². The van der Waals surface area contributed by atoms with Gasteiger partial charge in [-0.25, -0.2) is 0 Å². The lowest BCUT2D eigenvalue weighted by Crippen LogP contribution is -2.23. The van der Waals surface area contributed by atoms with E-state index in [2.05, 4.69) is 10.00 Å². The smallest absolute Gasteiger partial charge is 0.240 e. The number of rotatable bonds is 8. The van der Waals surface area contributed by atoms with Gasteiger partial charge in [0.05, 0.1) is 24.1 Å². The van der Waals surface area contributed by atoms with Gasteiger partial charge in [0.15, 0.2) is 0 Å². The molecule has 29 heavy (non-hydrogen) atoms. The van der Waals surface area contributed by atoms with E-state index >= 15 is 0 Å². The molecule has 1 fully saturated rings. The zero-order valence-corrected chi connectivity index (χ0v) is 17.6. The van der Waals surface area contributed by atoms with Crippen LogP contribution >= 0.6 is 23.2 Å². The largest absolute Gasteiger partial charge is 0.476 e. The third-order valence-corrected chi connectivity index (χ3v) is 5.77. The Kier molecular flexibility index (Phi) is 6.38. The zero-order valence-electron chi connectivity index (χ0n) is 16.1. The van der Waals surface area contributed by atoms with Crippen molar-refractivity contribution in [1.29, 1.82) is 0 Å². The molecule has 4 rings (SSSR count). The Labute approximate surface area is 180 Å². The highest BCUT2D eigenvalue weighted by Crippen LogP contribution is 2.29. The first-order valence-electron chi connectivity index (χ1n) is 9.83. The SMILES string of the molecule is O=CC1CCN(CCCOc2nn(Cc3ccc(Cl)cc3)c3ccc(Cl)cc23)C1. The molecule has 0 saturated carbocycles. The summed E-state index contributed by atoms with van der Waals surface area (Å²) in [6.07, 6.45) is 2.92. The highest BCUT2D eigenvalue weighted by Gasteiger charge is 2.21. The minimum absolute atomic E-state index is 0.186. The van der Waals surface area contributed by atoms with Crippen molar-refractivity contribution >= 4 is 40.4 Å². The van der Waals surface area contributed by atoms with Crippen molar-refractivity contribution in [3.8, 4) is 5.88 Å². The summed E-state index contributed by atoms with van der Waals surface area (Å²) in [5.74, 6) is 0.786. The second-order valence-corrected chi connectivity index (χ2v) is 8.31. The summed E-state index contributed by atoms with van der Waals surface area (Å²) in [4.78, 5) is 13.2. The fraction of sp³-hybridized carbons (Fsp3) is 0.364. The maximum absolute atomic E-state index is 10.9. The number of benzene rings is 2. The summed E-state index contributed by atoms with van der Waals surface area (Å²) in [6, 6.07) is 13.5. The fourth-order valence-corrected chi connectivity index (χ4v) is 4.04. The molecule has 1 saturated heterocycles. The normalized spacial score (nSPS) is 17.1. The average Bonchev–Trinajstić information content (AvgIpc) is 3.31. The Hall–Kier alpha value is -2.08. The van der Waals surface area contributed by atoms with Crippen LogP contribution in [0.1, 0.15) is 18.4 Å². The van der Waals surface area contributed by atoms with Crippen LogP contribution in [0, 0.1) is 5.92 Å². The van der Waals surface area contributed by atoms with E-state index in [0.29, 0.717) is 29.1 Å². The highest BCUT2D eigenvalue weighted by atomic mass is 35.5. The van der Waals surface area contributed by atoms with Gasteiger partial charge in [0.2, 0.25) is 5.88 Å². The molecule has 1 unspecified atom stereocenters. The third-order valence-electron chi connectivity index (χ3n) is 5.28. The van der Waals surface area contributed by atoms with Gasteiger partial charge in [0.1, 0.15) is 6.29 Å². The number of hydrogen-bond donors (Lipinski definition) is 0. The molecule has 1 aliphatic rings. The molecule has 1 atom stereocenters. The number of carbonyl (C=O) groups excluding carboxylic acids is 1. The first-order chi connectivity index (χ1) is 14.1. The van der Waals surface area contributed by atoms with Crippen molar-refractivity contribution in [1.82, 2.24) is 14.7 Å². The summed E-state index contributed by atoms with van der Waals surface area (Å²) in [6.45, 7) is 3.96. The number of halogens is 2. The van der Waals surface area contributed by atoms with Crippen LogP contribution in [0.4, 0.5) is 0 Å². The lowest BCUT2D eigenvalue weighted by molar-refractivity contribution is -0.110. The van der Waals surface area contributed by atoms with Gasteiger partial charge < -0.3 is 14.4 Å². The molecular formula is C22H23Cl2N3O2. The molecule has 2 aromatic carbocycles. The topological polar surface area (TPSA) is 47.4 Å². The molecule has 5 nitrogen and oxygen atoms in total. The molecule has 0 amide bonds. The summed E-state index contributed by atoms with van der Waals surface area (Å²) < 4.78 is 7.95. The quantitative estimate of drug-likeness (QED) is 0.383. The Morgan fingerprint density at radius 3 is 2.69 bits per heavy atom. The van der Waals surface area contributed by atoms with E-state index in [1.54, 1.807) is 0 Å². The van der Waals surface area contributed by atoms with E-state index in [9.17, 15) is 4.79 Å². The molecular weight excluding hydrogens is 409 g/mol. The number of nitrogens with zero attached hydrogens (tertiary/aromatic N) is 3. The monoisotopic (exact) mass is 431 g/mol. The van der Waals surface area contributed by atoms with Crippen molar-refractivity contribution in [2.24, 2.45) is 5.92 Å². The standard InChI is InChI=1S/C22H23Cl2N3O2/c23-18-4-2-16(3-5-18)14-27-21-7-6-19(24)12-20(21)22(25-27)29-11-1-9-26-10-8-17(13-26)15-28/h2-7,12,15,17H,1,8-11,13-14H2. The summed E-state index contributed by atoms with van der Waals surface area (Å²) in [5.41, 5.74) is 2.09. The molecule has 0 bridgehead atoms. The van der Waals surface area contributed by atoms with E-state index in [1.165, 1.54) is 0 Å². The van der Waals surface area contributed by atoms with Crippen LogP contribution in [-0.2, 0) is 11.3 Å². The molecule has 3 aromatic rings. The molecule has 0 N–H and O–H groups in total. The van der Waals surface area contributed by atoms with Gasteiger partial charge in [-0.3, -0.25) is 4.68 Å². The number of carbonyl (C=O) groups is 1. The van der Waals surface area contributed by atoms with Crippen LogP contribution in [0.3, 0.4) is 0 Å². The predicted molar refractivity (Wildman–Crippen MR) is 116 cm³/mol. The number of ether oxygens (including phenoxy) is 1. The van der Waals surface area contributed by atoms with E-state index in [0.717, 1.165) is 55.2 Å². The summed E-state index contributed by atoms with van der Waals surface area (Å²) >= 11 is 12.2. The van der Waals surface area contributed by atoms with Crippen molar-refractivity contribution in [3.05, 3.63) is 58.1 Å². The molecule has 1 aromatic heterocycles. The van der Waals surface area contributed by atoms with Crippen molar-refractivity contribution in [2.75, 3.05) is 26.2 Å². The van der Waals surface area contributed by atoms with Gasteiger partial charge in [-0.2, -0.15) is 0 Å². The van der Waals surface area contributed by atoms with E-state index < -0.39 is 0 Å². The van der Waals surface area contributed by atoms with Crippen LogP contribution in [0.15, 0.2) is 42.5 Å². The van der Waals surface area contributed by atoms with Crippen molar-refractivity contribution in [2.45, 2.75) is 19.4 Å². The van der Waals surface area contributed by atoms with Gasteiger partial charge in [0, 0.05) is 29.1 Å².